The molecule has 1 aliphatic carbocycles. The minimum absolute atomic E-state index is 0.388. The maximum atomic E-state index is 12.2. The maximum absolute atomic E-state index is 12.2. The molecule has 0 unspecified atom stereocenters. The third kappa shape index (κ3) is 2.20. The van der Waals surface area contributed by atoms with E-state index in [2.05, 4.69) is 12.2 Å². The second-order valence-corrected chi connectivity index (χ2v) is 3.03. The predicted molar refractivity (Wildman–Crippen MR) is 47.1 cm³/mol. The van der Waals surface area contributed by atoms with Gasteiger partial charge >= 0.3 is 6.18 Å². The molecule has 1 rings (SSSR count). The Labute approximate surface area is 82.7 Å². The van der Waals surface area contributed by atoms with Gasteiger partial charge in [-0.15, -0.1) is 0 Å². The molecule has 0 spiro atoms. The van der Waals surface area contributed by atoms with Gasteiger partial charge in [-0.1, -0.05) is 6.08 Å². The number of aliphatic hydroxyl groups excluding tert-OH is 1. The van der Waals surface area contributed by atoms with Crippen molar-refractivity contribution in [2.75, 3.05) is 0 Å². The van der Waals surface area contributed by atoms with Crippen LogP contribution in [0.15, 0.2) is 23.3 Å². The van der Waals surface area contributed by atoms with E-state index in [9.17, 15) is 18.0 Å². The summed E-state index contributed by atoms with van der Waals surface area (Å²) in [7, 11) is 0. The molecule has 14 heavy (non-hydrogen) atoms. The number of rotatable bonds is 1. The zero-order valence-electron chi connectivity index (χ0n) is 6.76. The molecule has 0 aromatic rings. The van der Waals surface area contributed by atoms with E-state index >= 15 is 0 Å². The van der Waals surface area contributed by atoms with Crippen molar-refractivity contribution in [1.82, 2.24) is 0 Å². The van der Waals surface area contributed by atoms with Crippen molar-refractivity contribution in [3.63, 3.8) is 0 Å². The molecular weight excluding hydrogens is 217 g/mol. The standard InChI is InChI=1S/C8H5F3O2S/c9-8(10,11)4-1-2-6(12)5(3-4)7(13)14/h1,3H,2H2,(H,13,14). The summed E-state index contributed by atoms with van der Waals surface area (Å²) in [4.78, 5) is 11.0. The van der Waals surface area contributed by atoms with Crippen LogP contribution in [0.25, 0.3) is 0 Å². The number of aliphatic hydroxyl groups is 1. The molecule has 0 fully saturated rings. The number of carbonyl (C=O) groups is 1. The summed E-state index contributed by atoms with van der Waals surface area (Å²) in [5.74, 6) is -0.606. The molecule has 2 nitrogen and oxygen atoms in total. The smallest absolute Gasteiger partial charge is 0.416 e. The average Bonchev–Trinajstić information content (AvgIpc) is 2.02. The monoisotopic (exact) mass is 222 g/mol. The lowest BCUT2D eigenvalue weighted by atomic mass is 9.98. The lowest BCUT2D eigenvalue weighted by Crippen LogP contribution is -2.19. The highest BCUT2D eigenvalue weighted by molar-refractivity contribution is 7.80. The molecule has 0 aromatic heterocycles. The van der Waals surface area contributed by atoms with Gasteiger partial charge in [0.2, 0.25) is 0 Å². The summed E-state index contributed by atoms with van der Waals surface area (Å²) in [6, 6.07) is 0. The van der Waals surface area contributed by atoms with Crippen molar-refractivity contribution in [3.8, 4) is 0 Å². The van der Waals surface area contributed by atoms with Crippen LogP contribution in [0.2, 0.25) is 0 Å². The Hall–Kier alpha value is -1.17. The van der Waals surface area contributed by atoms with Crippen LogP contribution in [0, 0.1) is 0 Å². The van der Waals surface area contributed by atoms with Crippen LogP contribution in [0.5, 0.6) is 0 Å². The van der Waals surface area contributed by atoms with Gasteiger partial charge in [0, 0.05) is 6.42 Å². The van der Waals surface area contributed by atoms with Crippen molar-refractivity contribution in [2.45, 2.75) is 12.6 Å². The van der Waals surface area contributed by atoms with Crippen LogP contribution in [0.3, 0.4) is 0 Å². The van der Waals surface area contributed by atoms with E-state index in [-0.39, 0.29) is 6.42 Å². The van der Waals surface area contributed by atoms with E-state index in [0.717, 1.165) is 6.08 Å². The first-order valence-electron chi connectivity index (χ1n) is 3.58. The summed E-state index contributed by atoms with van der Waals surface area (Å²) < 4.78 is 36.5. The van der Waals surface area contributed by atoms with Gasteiger partial charge in [0.15, 0.2) is 10.8 Å². The van der Waals surface area contributed by atoms with E-state index in [4.69, 9.17) is 5.11 Å². The highest BCUT2D eigenvalue weighted by atomic mass is 32.1. The highest BCUT2D eigenvalue weighted by Crippen LogP contribution is 2.30. The van der Waals surface area contributed by atoms with Crippen LogP contribution >= 0.6 is 12.2 Å². The fourth-order valence-corrected chi connectivity index (χ4v) is 1.16. The molecule has 1 aliphatic rings. The van der Waals surface area contributed by atoms with Gasteiger partial charge < -0.3 is 5.11 Å². The number of allylic oxidation sites excluding steroid dienone is 3. The van der Waals surface area contributed by atoms with Crippen LogP contribution < -0.4 is 0 Å². The quantitative estimate of drug-likeness (QED) is 0.691. The van der Waals surface area contributed by atoms with Crippen molar-refractivity contribution >= 4 is 23.1 Å². The van der Waals surface area contributed by atoms with Crippen LogP contribution in [-0.2, 0) is 4.79 Å². The first kappa shape index (κ1) is 10.9. The predicted octanol–water partition coefficient (Wildman–Crippen LogP) is 2.26. The van der Waals surface area contributed by atoms with Gasteiger partial charge in [-0.3, -0.25) is 4.79 Å². The molecule has 0 radical (unpaired) electrons. The molecule has 0 aliphatic heterocycles. The summed E-state index contributed by atoms with van der Waals surface area (Å²) in [5, 5.41) is 7.98. The Morgan fingerprint density at radius 3 is 2.50 bits per heavy atom. The highest BCUT2D eigenvalue weighted by Gasteiger charge is 2.35. The van der Waals surface area contributed by atoms with Gasteiger partial charge in [-0.05, 0) is 18.3 Å². The molecule has 0 aromatic carbocycles. The Morgan fingerprint density at radius 2 is 2.07 bits per heavy atom. The fraction of sp³-hybridized carbons (Fsp3) is 0.250. The zero-order chi connectivity index (χ0) is 10.9. The third-order valence-corrected chi connectivity index (χ3v) is 1.89. The molecule has 6 heteroatoms. The molecule has 0 saturated carbocycles. The van der Waals surface area contributed by atoms with E-state index in [1.807, 2.05) is 0 Å². The van der Waals surface area contributed by atoms with Gasteiger partial charge in [0.25, 0.3) is 0 Å². The number of Topliss-reactive ketones (excluding diaryl/α,β-unsaturated/α-hetero) is 1. The van der Waals surface area contributed by atoms with Gasteiger partial charge in [-0.25, -0.2) is 0 Å². The summed E-state index contributed by atoms with van der Waals surface area (Å²) in [6.07, 6.45) is -3.57. The molecule has 1 N–H and O–H groups in total. The van der Waals surface area contributed by atoms with Crippen molar-refractivity contribution in [2.24, 2.45) is 0 Å². The van der Waals surface area contributed by atoms with Crippen LogP contribution in [0.4, 0.5) is 13.2 Å². The fourth-order valence-electron chi connectivity index (χ4n) is 0.986. The minimum atomic E-state index is -4.52. The molecule has 0 heterocycles. The second kappa shape index (κ2) is 3.53. The van der Waals surface area contributed by atoms with E-state index < -0.39 is 28.2 Å². The molecular formula is C8H5F3O2S. The first-order valence-corrected chi connectivity index (χ1v) is 3.98. The maximum Gasteiger partial charge on any atom is 0.416 e. The number of hydrogen-bond donors (Lipinski definition) is 1. The number of halogens is 3. The number of carbonyl (C=O) groups excluding carboxylic acids is 1. The van der Waals surface area contributed by atoms with Gasteiger partial charge in [-0.2, -0.15) is 13.2 Å². The van der Waals surface area contributed by atoms with Crippen molar-refractivity contribution in [3.05, 3.63) is 23.3 Å². The second-order valence-electron chi connectivity index (χ2n) is 2.65. The lowest BCUT2D eigenvalue weighted by molar-refractivity contribution is -0.114. The molecule has 0 amide bonds. The number of ketones is 1. The Balaban J connectivity index is 3.07. The van der Waals surface area contributed by atoms with E-state index in [1.165, 1.54) is 0 Å². The van der Waals surface area contributed by atoms with Crippen molar-refractivity contribution in [1.29, 1.82) is 0 Å². The molecule has 0 saturated heterocycles. The third-order valence-electron chi connectivity index (χ3n) is 1.67. The molecule has 76 valence electrons. The van der Waals surface area contributed by atoms with Crippen LogP contribution in [0.1, 0.15) is 6.42 Å². The molecule has 0 atom stereocenters. The first-order chi connectivity index (χ1) is 6.32. The summed E-state index contributed by atoms with van der Waals surface area (Å²) in [6.45, 7) is 0. The van der Waals surface area contributed by atoms with E-state index in [1.54, 1.807) is 0 Å². The van der Waals surface area contributed by atoms with Gasteiger partial charge in [0.05, 0.1) is 11.1 Å². The zero-order valence-corrected chi connectivity index (χ0v) is 7.58. The largest absolute Gasteiger partial charge is 0.498 e. The number of alkyl halides is 3. The average molecular weight is 222 g/mol. The minimum Gasteiger partial charge on any atom is -0.498 e. The Bertz CT molecular complexity index is 352. The SMILES string of the molecule is O=C1CC=C(C(F)(F)F)C=C1C(O)=S. The number of hydrogen-bond acceptors (Lipinski definition) is 2. The normalized spacial score (nSPS) is 17.5. The van der Waals surface area contributed by atoms with E-state index in [0.29, 0.717) is 6.08 Å². The molecule has 0 bridgehead atoms. The lowest BCUT2D eigenvalue weighted by Gasteiger charge is -2.13. The Morgan fingerprint density at radius 1 is 1.50 bits per heavy atom. The van der Waals surface area contributed by atoms with Gasteiger partial charge in [0.1, 0.15) is 0 Å². The van der Waals surface area contributed by atoms with Crippen molar-refractivity contribution < 1.29 is 23.1 Å². The Kier molecular flexibility index (Phi) is 2.75. The number of thiocarbonyl (C=S) groups is 1. The summed E-state index contributed by atoms with van der Waals surface area (Å²) in [5.41, 5.74) is -1.40. The topological polar surface area (TPSA) is 37.3 Å². The van der Waals surface area contributed by atoms with Crippen LogP contribution in [-0.4, -0.2) is 22.1 Å². The summed E-state index contributed by atoms with van der Waals surface area (Å²) >= 11 is 4.24.